The van der Waals surface area contributed by atoms with Gasteiger partial charge in [0.15, 0.2) is 11.6 Å². The Morgan fingerprint density at radius 1 is 1.50 bits per heavy atom. The van der Waals surface area contributed by atoms with Gasteiger partial charge in [-0.3, -0.25) is 0 Å². The van der Waals surface area contributed by atoms with Crippen molar-refractivity contribution in [2.75, 3.05) is 6.61 Å². The highest BCUT2D eigenvalue weighted by Gasteiger charge is 2.05. The minimum Gasteiger partial charge on any atom is -0.491 e. The lowest BCUT2D eigenvalue weighted by atomic mass is 10.2. The molecule has 1 rings (SSSR count). The summed E-state index contributed by atoms with van der Waals surface area (Å²) >= 11 is 5.69. The van der Waals surface area contributed by atoms with E-state index in [9.17, 15) is 4.39 Å². The molecule has 0 aromatic heterocycles. The number of hydrogen-bond donors (Lipinski definition) is 0. The highest BCUT2D eigenvalue weighted by Crippen LogP contribution is 2.24. The van der Waals surface area contributed by atoms with Crippen LogP contribution in [0.1, 0.15) is 12.5 Å². The van der Waals surface area contributed by atoms with Crippen molar-refractivity contribution in [3.05, 3.63) is 28.5 Å². The zero-order valence-corrected chi connectivity index (χ0v) is 7.78. The molecule has 0 atom stereocenters. The Hall–Kier alpha value is -0.760. The summed E-state index contributed by atoms with van der Waals surface area (Å²) in [4.78, 5) is 0. The first kappa shape index (κ1) is 9.33. The van der Waals surface area contributed by atoms with Gasteiger partial charge in [0, 0.05) is 5.02 Å². The van der Waals surface area contributed by atoms with Crippen LogP contribution in [0, 0.1) is 12.7 Å². The second-order valence-electron chi connectivity index (χ2n) is 2.46. The molecule has 0 radical (unpaired) electrons. The van der Waals surface area contributed by atoms with Gasteiger partial charge in [0.05, 0.1) is 6.61 Å². The molecule has 1 aromatic carbocycles. The maximum Gasteiger partial charge on any atom is 0.166 e. The molecule has 0 saturated heterocycles. The smallest absolute Gasteiger partial charge is 0.166 e. The minimum absolute atomic E-state index is 0.263. The summed E-state index contributed by atoms with van der Waals surface area (Å²) < 4.78 is 18.0. The van der Waals surface area contributed by atoms with Gasteiger partial charge in [-0.15, -0.1) is 0 Å². The highest BCUT2D eigenvalue weighted by molar-refractivity contribution is 6.31. The molecule has 0 N–H and O–H groups in total. The standard InChI is InChI=1S/C9H10ClFO/c1-3-12-9-4-6(2)7(10)5-8(9)11/h4-5H,3H2,1-2H3. The summed E-state index contributed by atoms with van der Waals surface area (Å²) in [7, 11) is 0. The van der Waals surface area contributed by atoms with E-state index in [1.165, 1.54) is 6.07 Å². The Balaban J connectivity index is 3.05. The molecule has 0 aliphatic heterocycles. The lowest BCUT2D eigenvalue weighted by molar-refractivity contribution is 0.321. The van der Waals surface area contributed by atoms with E-state index < -0.39 is 5.82 Å². The van der Waals surface area contributed by atoms with E-state index in [1.54, 1.807) is 6.07 Å². The van der Waals surface area contributed by atoms with Crippen molar-refractivity contribution in [2.24, 2.45) is 0 Å². The van der Waals surface area contributed by atoms with E-state index in [2.05, 4.69) is 0 Å². The van der Waals surface area contributed by atoms with Gasteiger partial charge in [-0.2, -0.15) is 0 Å². The molecule has 0 unspecified atom stereocenters. The van der Waals surface area contributed by atoms with E-state index in [4.69, 9.17) is 16.3 Å². The Morgan fingerprint density at radius 3 is 2.75 bits per heavy atom. The zero-order chi connectivity index (χ0) is 9.14. The van der Waals surface area contributed by atoms with Gasteiger partial charge in [0.2, 0.25) is 0 Å². The Morgan fingerprint density at radius 2 is 2.17 bits per heavy atom. The molecular formula is C9H10ClFO. The third-order valence-electron chi connectivity index (χ3n) is 1.51. The normalized spacial score (nSPS) is 10.0. The summed E-state index contributed by atoms with van der Waals surface area (Å²) in [6.45, 7) is 4.08. The topological polar surface area (TPSA) is 9.23 Å². The average molecular weight is 189 g/mol. The third-order valence-corrected chi connectivity index (χ3v) is 1.92. The largest absolute Gasteiger partial charge is 0.491 e. The van der Waals surface area contributed by atoms with Crippen molar-refractivity contribution in [3.8, 4) is 5.75 Å². The van der Waals surface area contributed by atoms with Gasteiger partial charge >= 0.3 is 0 Å². The van der Waals surface area contributed by atoms with Crippen molar-refractivity contribution in [3.63, 3.8) is 0 Å². The molecule has 0 bridgehead atoms. The number of ether oxygens (including phenoxy) is 1. The summed E-state index contributed by atoms with van der Waals surface area (Å²) in [5.74, 6) is -0.146. The van der Waals surface area contributed by atoms with Crippen LogP contribution in [0.4, 0.5) is 4.39 Å². The van der Waals surface area contributed by atoms with Gasteiger partial charge in [-0.1, -0.05) is 11.6 Å². The molecule has 0 amide bonds. The number of hydrogen-bond acceptors (Lipinski definition) is 1. The molecule has 12 heavy (non-hydrogen) atoms. The Kier molecular flexibility index (Phi) is 2.93. The first-order valence-corrected chi connectivity index (χ1v) is 4.11. The fourth-order valence-corrected chi connectivity index (χ4v) is 1.05. The van der Waals surface area contributed by atoms with E-state index >= 15 is 0 Å². The minimum atomic E-state index is -0.410. The molecule has 1 nitrogen and oxygen atoms in total. The third kappa shape index (κ3) is 1.89. The van der Waals surface area contributed by atoms with Crippen LogP contribution in [0.15, 0.2) is 12.1 Å². The molecule has 0 heterocycles. The van der Waals surface area contributed by atoms with E-state index in [1.807, 2.05) is 13.8 Å². The van der Waals surface area contributed by atoms with Crippen LogP contribution in [-0.2, 0) is 0 Å². The first-order valence-electron chi connectivity index (χ1n) is 3.73. The van der Waals surface area contributed by atoms with E-state index in [-0.39, 0.29) is 5.75 Å². The van der Waals surface area contributed by atoms with Gasteiger partial charge in [0.1, 0.15) is 0 Å². The fourth-order valence-electron chi connectivity index (χ4n) is 0.897. The quantitative estimate of drug-likeness (QED) is 0.693. The van der Waals surface area contributed by atoms with Crippen LogP contribution in [0.25, 0.3) is 0 Å². The maximum absolute atomic E-state index is 13.0. The second kappa shape index (κ2) is 3.76. The van der Waals surface area contributed by atoms with Crippen LogP contribution in [0.3, 0.4) is 0 Å². The number of rotatable bonds is 2. The van der Waals surface area contributed by atoms with E-state index in [0.717, 1.165) is 5.56 Å². The average Bonchev–Trinajstić information content (AvgIpc) is 2.01. The molecule has 0 spiro atoms. The van der Waals surface area contributed by atoms with Crippen LogP contribution in [-0.4, -0.2) is 6.61 Å². The molecule has 1 aromatic rings. The number of halogens is 2. The number of aryl methyl sites for hydroxylation is 1. The summed E-state index contributed by atoms with van der Waals surface area (Å²) in [6, 6.07) is 2.86. The predicted octanol–water partition coefficient (Wildman–Crippen LogP) is 3.19. The van der Waals surface area contributed by atoms with Gasteiger partial charge in [-0.05, 0) is 31.5 Å². The lowest BCUT2D eigenvalue weighted by Crippen LogP contribution is -1.95. The van der Waals surface area contributed by atoms with Crippen molar-refractivity contribution in [1.82, 2.24) is 0 Å². The van der Waals surface area contributed by atoms with Crippen LogP contribution in [0.2, 0.25) is 5.02 Å². The van der Waals surface area contributed by atoms with Gasteiger partial charge in [-0.25, -0.2) is 4.39 Å². The SMILES string of the molecule is CCOc1cc(C)c(Cl)cc1F. The van der Waals surface area contributed by atoms with Crippen LogP contribution in [0.5, 0.6) is 5.75 Å². The Bertz CT molecular complexity index is 286. The highest BCUT2D eigenvalue weighted by atomic mass is 35.5. The van der Waals surface area contributed by atoms with Gasteiger partial charge in [0.25, 0.3) is 0 Å². The Labute approximate surface area is 76.1 Å². The fraction of sp³-hybridized carbons (Fsp3) is 0.333. The molecule has 0 aliphatic carbocycles. The summed E-state index contributed by atoms with van der Waals surface area (Å²) in [5.41, 5.74) is 0.821. The van der Waals surface area contributed by atoms with E-state index in [0.29, 0.717) is 11.6 Å². The van der Waals surface area contributed by atoms with Crippen LogP contribution >= 0.6 is 11.6 Å². The summed E-state index contributed by atoms with van der Waals surface area (Å²) in [5, 5.41) is 0.427. The predicted molar refractivity (Wildman–Crippen MR) is 47.3 cm³/mol. The second-order valence-corrected chi connectivity index (χ2v) is 2.87. The molecular weight excluding hydrogens is 179 g/mol. The summed E-state index contributed by atoms with van der Waals surface area (Å²) in [6.07, 6.45) is 0. The van der Waals surface area contributed by atoms with Gasteiger partial charge < -0.3 is 4.74 Å². The molecule has 0 saturated carbocycles. The van der Waals surface area contributed by atoms with Crippen molar-refractivity contribution < 1.29 is 9.13 Å². The number of benzene rings is 1. The lowest BCUT2D eigenvalue weighted by Gasteiger charge is -2.06. The van der Waals surface area contributed by atoms with Crippen molar-refractivity contribution in [1.29, 1.82) is 0 Å². The maximum atomic E-state index is 13.0. The molecule has 66 valence electrons. The zero-order valence-electron chi connectivity index (χ0n) is 7.03. The van der Waals surface area contributed by atoms with Crippen molar-refractivity contribution in [2.45, 2.75) is 13.8 Å². The monoisotopic (exact) mass is 188 g/mol. The molecule has 0 fully saturated rings. The first-order chi connectivity index (χ1) is 5.65. The molecule has 3 heteroatoms. The van der Waals surface area contributed by atoms with Crippen LogP contribution < -0.4 is 4.74 Å². The molecule has 0 aliphatic rings. The van der Waals surface area contributed by atoms with Crippen molar-refractivity contribution >= 4 is 11.6 Å².